The highest BCUT2D eigenvalue weighted by Crippen LogP contribution is 2.23. The molecular formula is C16H21FN2O8S. The Hall–Kier alpha value is -2.73. The third-order valence-electron chi connectivity index (χ3n) is 3.97. The Balaban J connectivity index is 0.00000122. The van der Waals surface area contributed by atoms with Crippen molar-refractivity contribution in [3.63, 3.8) is 0 Å². The minimum atomic E-state index is -3.84. The molecule has 1 fully saturated rings. The van der Waals surface area contributed by atoms with Gasteiger partial charge in [0.1, 0.15) is 12.4 Å². The molecule has 2 rings (SSSR count). The maximum absolute atomic E-state index is 13.4. The van der Waals surface area contributed by atoms with Crippen molar-refractivity contribution >= 4 is 34.1 Å². The van der Waals surface area contributed by atoms with E-state index in [4.69, 9.17) is 15.0 Å². The lowest BCUT2D eigenvalue weighted by molar-refractivity contribution is -0.139. The summed E-state index contributed by atoms with van der Waals surface area (Å²) in [5.74, 6) is -2.93. The van der Waals surface area contributed by atoms with Crippen molar-refractivity contribution in [3.05, 3.63) is 30.1 Å². The molecule has 0 unspecified atom stereocenters. The highest BCUT2D eigenvalue weighted by Gasteiger charge is 2.36. The molecule has 1 heterocycles. The van der Waals surface area contributed by atoms with E-state index in [1.54, 1.807) is 0 Å². The zero-order valence-corrected chi connectivity index (χ0v) is 15.7. The number of aliphatic carboxylic acids is 1. The van der Waals surface area contributed by atoms with E-state index >= 15 is 0 Å². The van der Waals surface area contributed by atoms with Gasteiger partial charge in [-0.2, -0.15) is 0 Å². The van der Waals surface area contributed by atoms with Crippen molar-refractivity contribution in [2.24, 2.45) is 5.92 Å². The molecule has 1 aliphatic heterocycles. The van der Waals surface area contributed by atoms with Crippen LogP contribution in [0.15, 0.2) is 24.3 Å². The Morgan fingerprint density at radius 1 is 1.36 bits per heavy atom. The molecule has 12 heteroatoms. The molecule has 0 spiro atoms. The fourth-order valence-corrected chi connectivity index (χ4v) is 3.58. The lowest BCUT2D eigenvalue weighted by atomic mass is 10.0. The van der Waals surface area contributed by atoms with Gasteiger partial charge in [-0.3, -0.25) is 18.7 Å². The van der Waals surface area contributed by atoms with Crippen LogP contribution in [0.4, 0.5) is 10.1 Å². The van der Waals surface area contributed by atoms with E-state index in [2.05, 4.69) is 0 Å². The predicted octanol–water partition coefficient (Wildman–Crippen LogP) is -0.413. The number of rotatable bonds is 6. The zero-order chi connectivity index (χ0) is 21.5. The fraction of sp³-hybridized carbons (Fsp3) is 0.438. The van der Waals surface area contributed by atoms with Crippen molar-refractivity contribution < 1.29 is 42.5 Å². The number of benzene rings is 1. The molecule has 1 amide bonds. The molecule has 0 radical (unpaired) electrons. The molecule has 1 saturated heterocycles. The summed E-state index contributed by atoms with van der Waals surface area (Å²) >= 11 is 0. The van der Waals surface area contributed by atoms with Crippen LogP contribution >= 0.6 is 0 Å². The summed E-state index contributed by atoms with van der Waals surface area (Å²) in [5, 5.41) is 25.6. The first-order chi connectivity index (χ1) is 13.0. The van der Waals surface area contributed by atoms with E-state index in [0.717, 1.165) is 22.7 Å². The molecule has 156 valence electrons. The number of β-amino-alcohol motifs (C(OH)–C–C–N with tert-alkyl or cyclic N) is 1. The number of amides is 1. The number of carboxylic acids is 1. The van der Waals surface area contributed by atoms with Crippen LogP contribution in [-0.2, 0) is 24.4 Å². The van der Waals surface area contributed by atoms with Gasteiger partial charge < -0.3 is 20.2 Å². The van der Waals surface area contributed by atoms with Crippen LogP contribution in [0.25, 0.3) is 0 Å². The van der Waals surface area contributed by atoms with E-state index in [-0.39, 0.29) is 31.7 Å². The third-order valence-corrected chi connectivity index (χ3v) is 5.11. The summed E-state index contributed by atoms with van der Waals surface area (Å²) < 4.78 is 38.1. The van der Waals surface area contributed by atoms with E-state index in [1.165, 1.54) is 17.0 Å². The highest BCUT2D eigenvalue weighted by molar-refractivity contribution is 7.92. The average Bonchev–Trinajstić information content (AvgIpc) is 2.92. The minimum Gasteiger partial charge on any atom is -0.483 e. The van der Waals surface area contributed by atoms with Crippen molar-refractivity contribution in [1.29, 1.82) is 0 Å². The molecule has 1 aliphatic rings. The lowest BCUT2D eigenvalue weighted by Gasteiger charge is -2.25. The second-order valence-electron chi connectivity index (χ2n) is 6.08. The quantitative estimate of drug-likeness (QED) is 0.525. The van der Waals surface area contributed by atoms with Gasteiger partial charge in [0.05, 0.1) is 24.5 Å². The van der Waals surface area contributed by atoms with Crippen molar-refractivity contribution in [1.82, 2.24) is 4.90 Å². The van der Waals surface area contributed by atoms with E-state index in [9.17, 15) is 27.5 Å². The number of carboxylic acid groups (broad SMARTS) is 2. The molecule has 10 nitrogen and oxygen atoms in total. The largest absolute Gasteiger partial charge is 0.483 e. The standard InChI is InChI=1S/C15H19FN2O6S.CH2O2/c1-25(23,24)18(12-4-2-3-11(16)6-12)9-14(20)17-7-10(5-15(21)22)13(19)8-17;2-1-3/h2-4,6,10,13,19H,5,7-9H2,1H3,(H,21,22);1H,(H,2,3)/t10-,13-;/m1./s1. The fourth-order valence-electron chi connectivity index (χ4n) is 2.74. The first-order valence-electron chi connectivity index (χ1n) is 7.98. The third kappa shape index (κ3) is 6.78. The van der Waals surface area contributed by atoms with E-state index in [1.807, 2.05) is 0 Å². The second-order valence-corrected chi connectivity index (χ2v) is 7.99. The first kappa shape index (κ1) is 23.3. The molecule has 28 heavy (non-hydrogen) atoms. The van der Waals surface area contributed by atoms with Gasteiger partial charge in [-0.1, -0.05) is 6.07 Å². The Morgan fingerprint density at radius 3 is 2.46 bits per heavy atom. The number of carbonyl (C=O) groups is 3. The predicted molar refractivity (Wildman–Crippen MR) is 95.6 cm³/mol. The Kier molecular flexibility index (Phi) is 8.32. The minimum absolute atomic E-state index is 0.0117. The number of carbonyl (C=O) groups excluding carboxylic acids is 1. The Bertz CT molecular complexity index is 817. The van der Waals surface area contributed by atoms with Crippen LogP contribution in [0.2, 0.25) is 0 Å². The monoisotopic (exact) mass is 420 g/mol. The van der Waals surface area contributed by atoms with Crippen LogP contribution in [0.3, 0.4) is 0 Å². The molecule has 0 saturated carbocycles. The number of hydrogen-bond acceptors (Lipinski definition) is 6. The Labute approximate surface area is 160 Å². The zero-order valence-electron chi connectivity index (χ0n) is 14.9. The number of aliphatic hydroxyl groups excluding tert-OH is 1. The van der Waals surface area contributed by atoms with Gasteiger partial charge in [-0.05, 0) is 18.2 Å². The first-order valence-corrected chi connectivity index (χ1v) is 9.83. The average molecular weight is 420 g/mol. The van der Waals surface area contributed by atoms with Crippen molar-refractivity contribution in [2.75, 3.05) is 30.2 Å². The normalized spacial score (nSPS) is 18.8. The van der Waals surface area contributed by atoms with Crippen LogP contribution in [0.1, 0.15) is 6.42 Å². The molecule has 2 atom stereocenters. The van der Waals surface area contributed by atoms with Gasteiger partial charge in [0.25, 0.3) is 6.47 Å². The molecule has 0 aliphatic carbocycles. The van der Waals surface area contributed by atoms with Crippen LogP contribution < -0.4 is 4.31 Å². The molecule has 0 bridgehead atoms. The summed E-state index contributed by atoms with van der Waals surface area (Å²) in [4.78, 5) is 32.8. The van der Waals surface area contributed by atoms with Gasteiger partial charge in [-0.15, -0.1) is 0 Å². The number of anilines is 1. The molecular weight excluding hydrogens is 399 g/mol. The van der Waals surface area contributed by atoms with Crippen LogP contribution in [-0.4, -0.2) is 79.0 Å². The Morgan fingerprint density at radius 2 is 1.96 bits per heavy atom. The van der Waals surface area contributed by atoms with Gasteiger partial charge >= 0.3 is 5.97 Å². The number of aliphatic hydroxyl groups is 1. The number of nitrogens with zero attached hydrogens (tertiary/aromatic N) is 2. The topological polar surface area (TPSA) is 153 Å². The summed E-state index contributed by atoms with van der Waals surface area (Å²) in [6.45, 7) is -0.862. The van der Waals surface area contributed by atoms with E-state index in [0.29, 0.717) is 0 Å². The number of hydrogen-bond donors (Lipinski definition) is 3. The summed E-state index contributed by atoms with van der Waals surface area (Å²) in [7, 11) is -3.84. The molecule has 1 aromatic carbocycles. The number of halogens is 1. The van der Waals surface area contributed by atoms with Crippen LogP contribution in [0.5, 0.6) is 0 Å². The molecule has 1 aromatic rings. The van der Waals surface area contributed by atoms with Gasteiger partial charge in [-0.25, -0.2) is 12.8 Å². The van der Waals surface area contributed by atoms with Crippen molar-refractivity contribution in [2.45, 2.75) is 12.5 Å². The van der Waals surface area contributed by atoms with E-state index < -0.39 is 46.3 Å². The molecule has 0 aromatic heterocycles. The highest BCUT2D eigenvalue weighted by atomic mass is 32.2. The van der Waals surface area contributed by atoms with Gasteiger partial charge in [0.2, 0.25) is 15.9 Å². The summed E-state index contributed by atoms with van der Waals surface area (Å²) in [5.41, 5.74) is 0.0117. The maximum Gasteiger partial charge on any atom is 0.303 e. The maximum atomic E-state index is 13.4. The SMILES string of the molecule is CS(=O)(=O)N(CC(=O)N1C[C@@H](CC(=O)O)[C@H](O)C1)c1cccc(F)c1.O=CO. The van der Waals surface area contributed by atoms with Gasteiger partial charge in [0.15, 0.2) is 0 Å². The summed E-state index contributed by atoms with van der Waals surface area (Å²) in [6.07, 6.45) is -0.372. The van der Waals surface area contributed by atoms with Crippen molar-refractivity contribution in [3.8, 4) is 0 Å². The lowest BCUT2D eigenvalue weighted by Crippen LogP contribution is -2.42. The molecule has 3 N–H and O–H groups in total. The summed E-state index contributed by atoms with van der Waals surface area (Å²) in [6, 6.07) is 4.85. The van der Waals surface area contributed by atoms with Gasteiger partial charge in [0, 0.05) is 19.0 Å². The smallest absolute Gasteiger partial charge is 0.303 e. The second kappa shape index (κ2) is 9.99. The number of likely N-dealkylation sites (tertiary alicyclic amines) is 1. The van der Waals surface area contributed by atoms with Crippen LogP contribution in [0, 0.1) is 11.7 Å². The number of sulfonamides is 1.